The van der Waals surface area contributed by atoms with Crippen LogP contribution in [-0.4, -0.2) is 106 Å². The minimum atomic E-state index is -4.95. The third kappa shape index (κ3) is 10.6. The van der Waals surface area contributed by atoms with Gasteiger partial charge in [0.25, 0.3) is 0 Å². The Balaban J connectivity index is 1.42. The maximum atomic E-state index is 13.4. The predicted octanol–water partition coefficient (Wildman–Crippen LogP) is 5.51. The van der Waals surface area contributed by atoms with Crippen LogP contribution in [0, 0.1) is 13.8 Å². The van der Waals surface area contributed by atoms with E-state index in [-0.39, 0.29) is 30.1 Å². The van der Waals surface area contributed by atoms with Crippen LogP contribution >= 0.6 is 0 Å². The summed E-state index contributed by atoms with van der Waals surface area (Å²) in [5.74, 6) is -0.181. The quantitative estimate of drug-likeness (QED) is 0.168. The molecule has 2 heterocycles. The Morgan fingerprint density at radius 3 is 2.06 bits per heavy atom. The second kappa shape index (κ2) is 16.3. The topological polar surface area (TPSA) is 66.8 Å². The maximum absolute atomic E-state index is 13.4. The highest BCUT2D eigenvalue weighted by atomic mass is 19.4. The second-order valence-corrected chi connectivity index (χ2v) is 12.0. The first-order valence-corrected chi connectivity index (χ1v) is 15.6. The lowest BCUT2D eigenvalue weighted by Crippen LogP contribution is -2.51. The van der Waals surface area contributed by atoms with Gasteiger partial charge in [-0.15, -0.1) is 0 Å². The Morgan fingerprint density at radius 2 is 1.49 bits per heavy atom. The number of halogens is 6. The van der Waals surface area contributed by atoms with Crippen molar-refractivity contribution in [3.63, 3.8) is 0 Å². The van der Waals surface area contributed by atoms with E-state index in [0.717, 1.165) is 42.9 Å². The van der Waals surface area contributed by atoms with Crippen molar-refractivity contribution in [3.8, 4) is 0 Å². The smallest absolute Gasteiger partial charge is 0.399 e. The number of nitrogens with zero attached hydrogens (tertiary/aromatic N) is 4. The summed E-state index contributed by atoms with van der Waals surface area (Å²) in [4.78, 5) is 24.1. The number of carbonyl (C=O) groups excluding carboxylic acids is 1. The fraction of sp³-hybridized carbons (Fsp3) is 0.576. The summed E-state index contributed by atoms with van der Waals surface area (Å²) in [6, 6.07) is 7.45. The van der Waals surface area contributed by atoms with E-state index in [2.05, 4.69) is 15.0 Å². The Hall–Kier alpha value is -3.20. The van der Waals surface area contributed by atoms with Crippen LogP contribution in [-0.2, 0) is 38.1 Å². The number of alkyl halides is 6. The van der Waals surface area contributed by atoms with Crippen molar-refractivity contribution in [2.24, 2.45) is 5.16 Å². The van der Waals surface area contributed by atoms with E-state index in [1.807, 2.05) is 36.9 Å². The van der Waals surface area contributed by atoms with Gasteiger partial charge in [-0.05, 0) is 67.3 Å². The van der Waals surface area contributed by atoms with Gasteiger partial charge in [0.15, 0.2) is 0 Å². The minimum Gasteiger partial charge on any atom is -0.399 e. The SMILES string of the molecule is CO/N=C(\COCc1cc(C(F)(F)F)cc(C(F)(F)F)c1)C(CCN1CCN(CC(=O)N2CCOCC2)CC1)c1ccc(C)c(C)c1. The normalized spacial score (nSPS) is 18.0. The van der Waals surface area contributed by atoms with Gasteiger partial charge in [0, 0.05) is 45.2 Å². The molecule has 4 rings (SSSR count). The Morgan fingerprint density at radius 1 is 0.872 bits per heavy atom. The number of benzene rings is 2. The van der Waals surface area contributed by atoms with Gasteiger partial charge in [-0.25, -0.2) is 0 Å². The van der Waals surface area contributed by atoms with Crippen molar-refractivity contribution < 1.29 is 45.4 Å². The summed E-state index contributed by atoms with van der Waals surface area (Å²) < 4.78 is 91.2. The van der Waals surface area contributed by atoms with E-state index >= 15 is 0 Å². The highest BCUT2D eigenvalue weighted by Crippen LogP contribution is 2.36. The van der Waals surface area contributed by atoms with Gasteiger partial charge in [0.1, 0.15) is 7.11 Å². The molecule has 2 aromatic rings. The van der Waals surface area contributed by atoms with Gasteiger partial charge in [-0.2, -0.15) is 26.3 Å². The van der Waals surface area contributed by atoms with Crippen LogP contribution < -0.4 is 0 Å². The van der Waals surface area contributed by atoms with Crippen LogP contribution in [0.3, 0.4) is 0 Å². The van der Waals surface area contributed by atoms with Crippen LogP contribution in [0.2, 0.25) is 0 Å². The van der Waals surface area contributed by atoms with Crippen LogP contribution in [0.1, 0.15) is 45.7 Å². The van der Waals surface area contributed by atoms with E-state index in [1.54, 1.807) is 0 Å². The molecule has 1 atom stereocenters. The molecule has 0 spiro atoms. The van der Waals surface area contributed by atoms with Crippen LogP contribution in [0.5, 0.6) is 0 Å². The van der Waals surface area contributed by atoms with Gasteiger partial charge in [-0.3, -0.25) is 9.69 Å². The molecule has 14 heteroatoms. The van der Waals surface area contributed by atoms with Crippen molar-refractivity contribution in [2.75, 3.05) is 79.3 Å². The summed E-state index contributed by atoms with van der Waals surface area (Å²) >= 11 is 0. The average Bonchev–Trinajstić information content (AvgIpc) is 3.03. The molecule has 0 saturated carbocycles. The van der Waals surface area contributed by atoms with Crippen LogP contribution in [0.15, 0.2) is 41.6 Å². The molecule has 0 N–H and O–H groups in total. The number of carbonyl (C=O) groups is 1. The van der Waals surface area contributed by atoms with E-state index < -0.39 is 30.1 Å². The molecule has 0 radical (unpaired) electrons. The Kier molecular flexibility index (Phi) is 12.7. The molecule has 2 aliphatic rings. The van der Waals surface area contributed by atoms with Crippen molar-refractivity contribution >= 4 is 11.6 Å². The van der Waals surface area contributed by atoms with Gasteiger partial charge >= 0.3 is 12.4 Å². The summed E-state index contributed by atoms with van der Waals surface area (Å²) in [6.45, 7) is 9.75. The maximum Gasteiger partial charge on any atom is 0.416 e. The molecule has 1 unspecified atom stereocenters. The largest absolute Gasteiger partial charge is 0.416 e. The number of oxime groups is 1. The fourth-order valence-electron chi connectivity index (χ4n) is 5.78. The van der Waals surface area contributed by atoms with Crippen LogP contribution in [0.25, 0.3) is 0 Å². The number of hydrogen-bond donors (Lipinski definition) is 0. The lowest BCUT2D eigenvalue weighted by atomic mass is 9.89. The van der Waals surface area contributed by atoms with E-state index in [9.17, 15) is 31.1 Å². The molecule has 47 heavy (non-hydrogen) atoms. The predicted molar refractivity (Wildman–Crippen MR) is 164 cm³/mol. The van der Waals surface area contributed by atoms with Crippen molar-refractivity contribution in [1.82, 2.24) is 14.7 Å². The molecule has 2 aromatic carbocycles. The highest BCUT2D eigenvalue weighted by molar-refractivity contribution is 5.91. The van der Waals surface area contributed by atoms with Crippen molar-refractivity contribution in [3.05, 3.63) is 69.8 Å². The van der Waals surface area contributed by atoms with Gasteiger partial charge in [0.05, 0.1) is 49.8 Å². The van der Waals surface area contributed by atoms with Gasteiger partial charge in [-0.1, -0.05) is 23.4 Å². The number of morpholine rings is 1. The van der Waals surface area contributed by atoms with E-state index in [0.29, 0.717) is 63.7 Å². The van der Waals surface area contributed by atoms with Crippen molar-refractivity contribution in [1.29, 1.82) is 0 Å². The molecule has 0 aromatic heterocycles. The molecule has 0 aliphatic carbocycles. The third-order valence-electron chi connectivity index (χ3n) is 8.63. The molecular weight excluding hydrogens is 630 g/mol. The number of ether oxygens (including phenoxy) is 2. The average molecular weight is 673 g/mol. The lowest BCUT2D eigenvalue weighted by molar-refractivity contribution is -0.143. The monoisotopic (exact) mass is 672 g/mol. The van der Waals surface area contributed by atoms with Gasteiger partial charge < -0.3 is 24.1 Å². The Labute approximate surface area is 271 Å². The number of aryl methyl sites for hydroxylation is 2. The zero-order valence-electron chi connectivity index (χ0n) is 26.9. The molecule has 260 valence electrons. The molecule has 2 saturated heterocycles. The fourth-order valence-corrected chi connectivity index (χ4v) is 5.78. The standard InChI is InChI=1S/C33H42F6N4O4/c1-23-4-5-26(16-24(23)2)29(6-7-41-8-10-42(11-9-41)20-31(44)43-12-14-46-15-13-43)30(40-45-3)22-47-21-25-17-27(32(34,35)36)19-28(18-25)33(37,38)39/h4-5,16-19,29H,6-15,20-22H2,1-3H3/b40-30+. The van der Waals surface area contributed by atoms with Crippen molar-refractivity contribution in [2.45, 2.75) is 45.1 Å². The lowest BCUT2D eigenvalue weighted by Gasteiger charge is -2.36. The number of hydrogen-bond acceptors (Lipinski definition) is 7. The molecular formula is C33H42F6N4O4. The zero-order valence-corrected chi connectivity index (χ0v) is 26.9. The highest BCUT2D eigenvalue weighted by Gasteiger charge is 2.37. The van der Waals surface area contributed by atoms with Gasteiger partial charge in [0.2, 0.25) is 5.91 Å². The molecule has 2 aliphatic heterocycles. The summed E-state index contributed by atoms with van der Waals surface area (Å²) in [6.07, 6.45) is -9.28. The number of amides is 1. The summed E-state index contributed by atoms with van der Waals surface area (Å²) in [7, 11) is 1.37. The molecule has 2 fully saturated rings. The first-order valence-electron chi connectivity index (χ1n) is 15.6. The zero-order chi connectivity index (χ0) is 34.2. The molecule has 8 nitrogen and oxygen atoms in total. The minimum absolute atomic E-state index is 0.0961. The number of rotatable bonds is 12. The van der Waals surface area contributed by atoms with E-state index in [1.165, 1.54) is 7.11 Å². The first kappa shape index (κ1) is 36.6. The third-order valence-corrected chi connectivity index (χ3v) is 8.63. The number of piperazine rings is 1. The Bertz CT molecular complexity index is 1340. The molecule has 0 bridgehead atoms. The van der Waals surface area contributed by atoms with E-state index in [4.69, 9.17) is 14.3 Å². The molecule has 1 amide bonds. The van der Waals surface area contributed by atoms with Crippen LogP contribution in [0.4, 0.5) is 26.3 Å². The summed E-state index contributed by atoms with van der Waals surface area (Å²) in [5.41, 5.74) is 0.533. The first-order chi connectivity index (χ1) is 22.2. The summed E-state index contributed by atoms with van der Waals surface area (Å²) in [5, 5.41) is 4.20. The second-order valence-electron chi connectivity index (χ2n) is 12.0.